The molecule has 100 valence electrons. The number of carboxylic acids is 1. The summed E-state index contributed by atoms with van der Waals surface area (Å²) in [5.74, 6) is -0.702. The Labute approximate surface area is 105 Å². The molecule has 1 saturated heterocycles. The van der Waals surface area contributed by atoms with Crippen LogP contribution in [0.1, 0.15) is 33.1 Å². The first kappa shape index (κ1) is 14.5. The largest absolute Gasteiger partial charge is 0.481 e. The average Bonchev–Trinajstić information content (AvgIpc) is 2.25. The zero-order chi connectivity index (χ0) is 13.1. The van der Waals surface area contributed by atoms with Crippen molar-refractivity contribution in [1.29, 1.82) is 0 Å². The zero-order valence-electron chi connectivity index (χ0n) is 11.6. The summed E-state index contributed by atoms with van der Waals surface area (Å²) < 4.78 is 0. The van der Waals surface area contributed by atoms with E-state index in [-0.39, 0.29) is 0 Å². The Bertz CT molecular complexity index is 266. The van der Waals surface area contributed by atoms with Gasteiger partial charge in [-0.1, -0.05) is 0 Å². The Morgan fingerprint density at radius 2 is 2.18 bits per heavy atom. The molecule has 0 saturated carbocycles. The maximum absolute atomic E-state index is 11.0. The lowest BCUT2D eigenvalue weighted by Gasteiger charge is -2.36. The Balaban J connectivity index is 2.38. The molecule has 0 radical (unpaired) electrons. The van der Waals surface area contributed by atoms with E-state index in [0.717, 1.165) is 13.1 Å². The number of aliphatic carboxylic acids is 1. The van der Waals surface area contributed by atoms with Crippen LogP contribution in [0.5, 0.6) is 0 Å². The lowest BCUT2D eigenvalue weighted by Crippen LogP contribution is -2.46. The van der Waals surface area contributed by atoms with E-state index in [4.69, 9.17) is 5.11 Å². The minimum absolute atomic E-state index is 0.582. The third-order valence-electron chi connectivity index (χ3n) is 3.89. The molecule has 1 N–H and O–H groups in total. The molecule has 0 aliphatic carbocycles. The number of hydrogen-bond donors (Lipinski definition) is 1. The molecule has 4 nitrogen and oxygen atoms in total. The number of hydrogen-bond acceptors (Lipinski definition) is 3. The summed E-state index contributed by atoms with van der Waals surface area (Å²) in [6.45, 7) is 6.75. The van der Waals surface area contributed by atoms with Crippen LogP contribution >= 0.6 is 0 Å². The van der Waals surface area contributed by atoms with Gasteiger partial charge in [0.15, 0.2) is 0 Å². The number of carbonyl (C=O) groups is 1. The minimum Gasteiger partial charge on any atom is -0.481 e. The van der Waals surface area contributed by atoms with Crippen molar-refractivity contribution in [3.8, 4) is 0 Å². The molecule has 1 fully saturated rings. The third-order valence-corrected chi connectivity index (χ3v) is 3.89. The topological polar surface area (TPSA) is 43.8 Å². The van der Waals surface area contributed by atoms with Gasteiger partial charge in [-0.15, -0.1) is 0 Å². The van der Waals surface area contributed by atoms with Gasteiger partial charge in [-0.3, -0.25) is 4.79 Å². The number of likely N-dealkylation sites (N-methyl/N-ethyl adjacent to an activating group) is 2. The smallest absolute Gasteiger partial charge is 0.309 e. The average molecular weight is 242 g/mol. The van der Waals surface area contributed by atoms with Crippen LogP contribution in [0.25, 0.3) is 0 Å². The van der Waals surface area contributed by atoms with Crippen LogP contribution in [0.4, 0.5) is 0 Å². The van der Waals surface area contributed by atoms with E-state index in [0.29, 0.717) is 12.5 Å². The predicted octanol–water partition coefficient (Wildman–Crippen LogP) is 1.51. The molecule has 1 unspecified atom stereocenters. The van der Waals surface area contributed by atoms with Gasteiger partial charge in [0.05, 0.1) is 5.41 Å². The van der Waals surface area contributed by atoms with Gasteiger partial charge in [-0.25, -0.2) is 0 Å². The molecule has 0 spiro atoms. The Kier molecular flexibility index (Phi) is 4.95. The van der Waals surface area contributed by atoms with Crippen LogP contribution in [0.2, 0.25) is 0 Å². The predicted molar refractivity (Wildman–Crippen MR) is 69.2 cm³/mol. The van der Waals surface area contributed by atoms with Crippen molar-refractivity contribution < 1.29 is 9.90 Å². The van der Waals surface area contributed by atoms with E-state index in [1.807, 2.05) is 0 Å². The lowest BCUT2D eigenvalue weighted by atomic mass is 9.89. The first-order valence-corrected chi connectivity index (χ1v) is 6.45. The molecule has 4 heteroatoms. The van der Waals surface area contributed by atoms with Crippen LogP contribution in [-0.2, 0) is 4.79 Å². The number of nitrogens with zero attached hydrogens (tertiary/aromatic N) is 2. The molecule has 0 aromatic rings. The number of piperidine rings is 1. The second-order valence-electron chi connectivity index (χ2n) is 5.98. The zero-order valence-corrected chi connectivity index (χ0v) is 11.6. The van der Waals surface area contributed by atoms with Crippen molar-refractivity contribution in [2.24, 2.45) is 5.41 Å². The monoisotopic (exact) mass is 242 g/mol. The van der Waals surface area contributed by atoms with Crippen molar-refractivity contribution in [3.05, 3.63) is 0 Å². The maximum atomic E-state index is 11.0. The van der Waals surface area contributed by atoms with Gasteiger partial charge < -0.3 is 14.9 Å². The molecule has 0 aromatic carbocycles. The third kappa shape index (κ3) is 4.28. The molecular formula is C13H26N2O2. The van der Waals surface area contributed by atoms with Gasteiger partial charge in [0, 0.05) is 12.6 Å². The SMILES string of the molecule is CN1CCCC(N(C)CCC(C)(C)C(=O)O)C1. The van der Waals surface area contributed by atoms with Crippen molar-refractivity contribution in [3.63, 3.8) is 0 Å². The summed E-state index contributed by atoms with van der Waals surface area (Å²) in [5.41, 5.74) is -0.616. The maximum Gasteiger partial charge on any atom is 0.309 e. The van der Waals surface area contributed by atoms with Gasteiger partial charge in [0.2, 0.25) is 0 Å². The fourth-order valence-electron chi connectivity index (χ4n) is 2.24. The Morgan fingerprint density at radius 1 is 1.53 bits per heavy atom. The van der Waals surface area contributed by atoms with Crippen LogP contribution in [0, 0.1) is 5.41 Å². The fourth-order valence-corrected chi connectivity index (χ4v) is 2.24. The van der Waals surface area contributed by atoms with Crippen LogP contribution < -0.4 is 0 Å². The second kappa shape index (κ2) is 5.83. The molecule has 0 bridgehead atoms. The summed E-state index contributed by atoms with van der Waals surface area (Å²) in [6, 6.07) is 0.582. The van der Waals surface area contributed by atoms with Gasteiger partial charge in [0.25, 0.3) is 0 Å². The molecule has 0 aromatic heterocycles. The molecule has 1 atom stereocenters. The summed E-state index contributed by atoms with van der Waals surface area (Å²) in [6.07, 6.45) is 3.18. The number of carboxylic acid groups (broad SMARTS) is 1. The summed E-state index contributed by atoms with van der Waals surface area (Å²) in [7, 11) is 4.27. The molecule has 1 aliphatic heterocycles. The first-order valence-electron chi connectivity index (χ1n) is 6.45. The normalized spacial score (nSPS) is 23.0. The Morgan fingerprint density at radius 3 is 2.71 bits per heavy atom. The first-order chi connectivity index (χ1) is 7.83. The summed E-state index contributed by atoms with van der Waals surface area (Å²) in [5, 5.41) is 9.08. The molecule has 1 rings (SSSR count). The van der Waals surface area contributed by atoms with Crippen molar-refractivity contribution >= 4 is 5.97 Å². The second-order valence-corrected chi connectivity index (χ2v) is 5.98. The highest BCUT2D eigenvalue weighted by Crippen LogP contribution is 2.22. The van der Waals surface area contributed by atoms with Crippen LogP contribution in [0.15, 0.2) is 0 Å². The minimum atomic E-state index is -0.702. The van der Waals surface area contributed by atoms with Crippen molar-refractivity contribution in [1.82, 2.24) is 9.80 Å². The Hall–Kier alpha value is -0.610. The van der Waals surface area contributed by atoms with E-state index < -0.39 is 11.4 Å². The summed E-state index contributed by atoms with van der Waals surface area (Å²) in [4.78, 5) is 15.7. The van der Waals surface area contributed by atoms with E-state index >= 15 is 0 Å². The van der Waals surface area contributed by atoms with Gasteiger partial charge in [-0.05, 0) is 60.3 Å². The van der Waals surface area contributed by atoms with Crippen molar-refractivity contribution in [2.75, 3.05) is 33.7 Å². The van der Waals surface area contributed by atoms with E-state index in [1.165, 1.54) is 19.4 Å². The number of rotatable bonds is 5. The molecule has 1 aliphatic rings. The van der Waals surface area contributed by atoms with E-state index in [2.05, 4.69) is 23.9 Å². The summed E-state index contributed by atoms with van der Waals surface area (Å²) >= 11 is 0. The van der Waals surface area contributed by atoms with Crippen LogP contribution in [0.3, 0.4) is 0 Å². The standard InChI is InChI=1S/C13H26N2O2/c1-13(2,12(16)17)7-9-15(4)11-6-5-8-14(3)10-11/h11H,5-10H2,1-4H3,(H,16,17). The fraction of sp³-hybridized carbons (Fsp3) is 0.923. The highest BCUT2D eigenvalue weighted by atomic mass is 16.4. The molecule has 1 heterocycles. The molecule has 17 heavy (non-hydrogen) atoms. The molecular weight excluding hydrogens is 216 g/mol. The van der Waals surface area contributed by atoms with Crippen LogP contribution in [-0.4, -0.2) is 60.6 Å². The lowest BCUT2D eigenvalue weighted by molar-refractivity contribution is -0.147. The quantitative estimate of drug-likeness (QED) is 0.794. The molecule has 0 amide bonds. The van der Waals surface area contributed by atoms with Gasteiger partial charge in [0.1, 0.15) is 0 Å². The highest BCUT2D eigenvalue weighted by molar-refractivity contribution is 5.73. The number of likely N-dealkylation sites (tertiary alicyclic amines) is 1. The van der Waals surface area contributed by atoms with Gasteiger partial charge in [-0.2, -0.15) is 0 Å². The van der Waals surface area contributed by atoms with Crippen molar-refractivity contribution in [2.45, 2.75) is 39.2 Å². The van der Waals surface area contributed by atoms with Gasteiger partial charge >= 0.3 is 5.97 Å². The van der Waals surface area contributed by atoms with E-state index in [9.17, 15) is 4.79 Å². The van der Waals surface area contributed by atoms with E-state index in [1.54, 1.807) is 13.8 Å². The highest BCUT2D eigenvalue weighted by Gasteiger charge is 2.28.